The van der Waals surface area contributed by atoms with Gasteiger partial charge in [0.2, 0.25) is 0 Å². The third-order valence-corrected chi connectivity index (χ3v) is 5.89. The number of unbranched alkanes of at least 4 members (excludes halogenated alkanes) is 3. The normalized spacial score (nSPS) is 12.4. The van der Waals surface area contributed by atoms with Gasteiger partial charge in [0, 0.05) is 34.3 Å². The summed E-state index contributed by atoms with van der Waals surface area (Å²) in [6, 6.07) is 9.89. The first-order valence-corrected chi connectivity index (χ1v) is 11.8. The Balaban J connectivity index is 1.47. The first-order valence-electron chi connectivity index (χ1n) is 11.0. The number of hydrogen-bond acceptors (Lipinski definition) is 7. The minimum atomic E-state index is -0.912. The second-order valence-electron chi connectivity index (χ2n) is 7.75. The van der Waals surface area contributed by atoms with E-state index in [4.69, 9.17) is 32.7 Å². The lowest BCUT2D eigenvalue weighted by molar-refractivity contribution is -0.114. The second kappa shape index (κ2) is 15.5. The highest BCUT2D eigenvalue weighted by Gasteiger charge is 2.14. The topological polar surface area (TPSA) is 103 Å². The lowest BCUT2D eigenvalue weighted by Crippen LogP contribution is -2.26. The van der Waals surface area contributed by atoms with Crippen LogP contribution in [0.2, 0.25) is 10.0 Å². The van der Waals surface area contributed by atoms with E-state index in [9.17, 15) is 20.5 Å². The molecule has 0 aliphatic heterocycles. The standard InChI is InChI=1S/C24H33Cl2NO6/c25-21-6-5-7-22(26)20(21)17-33-13-12-32-11-4-2-1-3-10-27(31)15-24(30)18-8-9-23(29)19(14-18)16-28/h5-9,14,24,28-31H,1-4,10-13,15-17H2/t24-/m0/s1. The first kappa shape index (κ1) is 27.8. The molecule has 33 heavy (non-hydrogen) atoms. The molecular weight excluding hydrogens is 469 g/mol. The van der Waals surface area contributed by atoms with Gasteiger partial charge in [-0.25, -0.2) is 0 Å². The maximum atomic E-state index is 10.3. The van der Waals surface area contributed by atoms with Crippen LogP contribution in [0.25, 0.3) is 0 Å². The van der Waals surface area contributed by atoms with E-state index < -0.39 is 6.10 Å². The monoisotopic (exact) mass is 501 g/mol. The van der Waals surface area contributed by atoms with Crippen molar-refractivity contribution in [3.63, 3.8) is 0 Å². The van der Waals surface area contributed by atoms with Crippen LogP contribution in [0.1, 0.15) is 48.5 Å². The number of rotatable bonds is 16. The molecule has 7 nitrogen and oxygen atoms in total. The summed E-state index contributed by atoms with van der Waals surface area (Å²) in [7, 11) is 0. The van der Waals surface area contributed by atoms with Crippen molar-refractivity contribution in [1.29, 1.82) is 0 Å². The molecule has 0 aromatic heterocycles. The number of nitrogens with zero attached hydrogens (tertiary/aromatic N) is 1. The van der Waals surface area contributed by atoms with Gasteiger partial charge in [0.25, 0.3) is 0 Å². The highest BCUT2D eigenvalue weighted by molar-refractivity contribution is 6.35. The summed E-state index contributed by atoms with van der Waals surface area (Å²) >= 11 is 12.2. The summed E-state index contributed by atoms with van der Waals surface area (Å²) in [5.41, 5.74) is 1.66. The number of halogens is 2. The molecule has 0 unspecified atom stereocenters. The van der Waals surface area contributed by atoms with Crippen LogP contribution < -0.4 is 0 Å². The summed E-state index contributed by atoms with van der Waals surface area (Å²) in [6.45, 7) is 2.14. The maximum Gasteiger partial charge on any atom is 0.121 e. The largest absolute Gasteiger partial charge is 0.508 e. The fraction of sp³-hybridized carbons (Fsp3) is 0.500. The molecule has 2 aromatic rings. The van der Waals surface area contributed by atoms with E-state index in [2.05, 4.69) is 0 Å². The van der Waals surface area contributed by atoms with E-state index in [0.29, 0.717) is 54.1 Å². The van der Waals surface area contributed by atoms with Crippen LogP contribution in [0.3, 0.4) is 0 Å². The molecule has 1 atom stereocenters. The fourth-order valence-corrected chi connectivity index (χ4v) is 3.76. The molecular formula is C24H33Cl2NO6. The molecule has 0 aliphatic carbocycles. The van der Waals surface area contributed by atoms with Gasteiger partial charge in [-0.05, 0) is 42.7 Å². The summed E-state index contributed by atoms with van der Waals surface area (Å²) in [5, 5.41) is 41.3. The number of aliphatic hydroxyl groups excluding tert-OH is 2. The Labute approximate surface area is 205 Å². The van der Waals surface area contributed by atoms with Gasteiger partial charge < -0.3 is 30.0 Å². The van der Waals surface area contributed by atoms with E-state index in [1.165, 1.54) is 12.1 Å². The van der Waals surface area contributed by atoms with Crippen LogP contribution in [0, 0.1) is 0 Å². The number of phenols is 1. The molecule has 2 rings (SSSR count). The van der Waals surface area contributed by atoms with Gasteiger partial charge in [0.15, 0.2) is 0 Å². The van der Waals surface area contributed by atoms with Gasteiger partial charge in [0.1, 0.15) is 5.75 Å². The van der Waals surface area contributed by atoms with E-state index in [-0.39, 0.29) is 18.9 Å². The third-order valence-electron chi connectivity index (χ3n) is 5.18. The molecule has 0 spiro atoms. The third kappa shape index (κ3) is 10.2. The van der Waals surface area contributed by atoms with Crippen LogP contribution >= 0.6 is 23.2 Å². The minimum Gasteiger partial charge on any atom is -0.508 e. The van der Waals surface area contributed by atoms with Gasteiger partial charge in [-0.1, -0.05) is 48.2 Å². The van der Waals surface area contributed by atoms with Gasteiger partial charge in [0.05, 0.1) is 39.1 Å². The molecule has 184 valence electrons. The Morgan fingerprint density at radius 3 is 2.33 bits per heavy atom. The van der Waals surface area contributed by atoms with E-state index in [0.717, 1.165) is 36.3 Å². The number of ether oxygens (including phenoxy) is 2. The summed E-state index contributed by atoms with van der Waals surface area (Å²) in [5.74, 6) is -0.0205. The Hall–Kier alpha value is -1.42. The van der Waals surface area contributed by atoms with Crippen LogP contribution in [0.15, 0.2) is 36.4 Å². The zero-order valence-electron chi connectivity index (χ0n) is 18.6. The zero-order valence-corrected chi connectivity index (χ0v) is 20.1. The Morgan fingerprint density at radius 1 is 0.909 bits per heavy atom. The first-order chi connectivity index (χ1) is 15.9. The highest BCUT2D eigenvalue weighted by atomic mass is 35.5. The lowest BCUT2D eigenvalue weighted by Gasteiger charge is -2.19. The molecule has 0 heterocycles. The van der Waals surface area contributed by atoms with Gasteiger partial charge in [-0.2, -0.15) is 5.06 Å². The van der Waals surface area contributed by atoms with Crippen molar-refractivity contribution in [2.45, 2.75) is 45.0 Å². The quantitative estimate of drug-likeness (QED) is 0.195. The van der Waals surface area contributed by atoms with E-state index in [1.807, 2.05) is 0 Å². The predicted octanol–water partition coefficient (Wildman–Crippen LogP) is 4.71. The van der Waals surface area contributed by atoms with Crippen molar-refractivity contribution in [3.05, 3.63) is 63.1 Å². The Kier molecular flexibility index (Phi) is 13.0. The van der Waals surface area contributed by atoms with Crippen molar-refractivity contribution >= 4 is 23.2 Å². The van der Waals surface area contributed by atoms with Crippen molar-refractivity contribution in [2.24, 2.45) is 0 Å². The molecule has 2 aromatic carbocycles. The second-order valence-corrected chi connectivity index (χ2v) is 8.57. The Bertz CT molecular complexity index is 818. The molecule has 0 fully saturated rings. The lowest BCUT2D eigenvalue weighted by atomic mass is 10.1. The molecule has 4 N–H and O–H groups in total. The van der Waals surface area contributed by atoms with Crippen LogP contribution in [-0.2, 0) is 22.7 Å². The van der Waals surface area contributed by atoms with Crippen molar-refractivity contribution in [3.8, 4) is 5.75 Å². The van der Waals surface area contributed by atoms with Crippen LogP contribution in [-0.4, -0.2) is 58.5 Å². The smallest absolute Gasteiger partial charge is 0.121 e. The molecule has 0 aliphatic rings. The zero-order chi connectivity index (χ0) is 24.1. The predicted molar refractivity (Wildman–Crippen MR) is 128 cm³/mol. The summed E-state index contributed by atoms with van der Waals surface area (Å²) < 4.78 is 11.1. The molecule has 0 saturated carbocycles. The average Bonchev–Trinajstić information content (AvgIpc) is 2.79. The van der Waals surface area contributed by atoms with Gasteiger partial charge >= 0.3 is 0 Å². The molecule has 0 amide bonds. The maximum absolute atomic E-state index is 10.3. The number of hydroxylamine groups is 2. The number of hydrogen-bond donors (Lipinski definition) is 4. The molecule has 0 bridgehead atoms. The minimum absolute atomic E-state index is 0.0205. The number of aromatic hydroxyl groups is 1. The highest BCUT2D eigenvalue weighted by Crippen LogP contribution is 2.25. The number of benzene rings is 2. The van der Waals surface area contributed by atoms with E-state index >= 15 is 0 Å². The number of aliphatic hydroxyl groups is 2. The molecule has 0 saturated heterocycles. The van der Waals surface area contributed by atoms with Crippen molar-refractivity contribution < 1.29 is 30.0 Å². The Morgan fingerprint density at radius 2 is 1.61 bits per heavy atom. The van der Waals surface area contributed by atoms with Crippen LogP contribution in [0.5, 0.6) is 5.75 Å². The van der Waals surface area contributed by atoms with Crippen molar-refractivity contribution in [2.75, 3.05) is 32.9 Å². The SMILES string of the molecule is OCc1cc([C@@H](O)CN(O)CCCCCCOCCOCc2c(Cl)cccc2Cl)ccc1O. The molecule has 9 heteroatoms. The molecule has 0 radical (unpaired) electrons. The fourth-order valence-electron chi connectivity index (χ4n) is 3.25. The van der Waals surface area contributed by atoms with Gasteiger partial charge in [-0.3, -0.25) is 0 Å². The summed E-state index contributed by atoms with van der Waals surface area (Å²) in [6.07, 6.45) is 2.71. The van der Waals surface area contributed by atoms with Crippen LogP contribution in [0.4, 0.5) is 0 Å². The van der Waals surface area contributed by atoms with E-state index in [1.54, 1.807) is 24.3 Å². The average molecular weight is 502 g/mol. The van der Waals surface area contributed by atoms with Crippen molar-refractivity contribution in [1.82, 2.24) is 5.06 Å². The van der Waals surface area contributed by atoms with Gasteiger partial charge in [-0.15, -0.1) is 0 Å². The summed E-state index contributed by atoms with van der Waals surface area (Å²) in [4.78, 5) is 0.